The maximum atomic E-state index is 12.5. The molecule has 6 nitrogen and oxygen atoms in total. The summed E-state index contributed by atoms with van der Waals surface area (Å²) in [6, 6.07) is 7.67. The standard InChI is InChI=1S/C15H19N5O/c1-15(7-8-16-9-15)14(21)18-12-6-4-3-5-11(12)13-19-17-10-20(13)2/h3-6,10,16H,7-9H2,1-2H3,(H,18,21). The Balaban J connectivity index is 1.90. The number of benzene rings is 1. The maximum Gasteiger partial charge on any atom is 0.231 e. The van der Waals surface area contributed by atoms with Crippen molar-refractivity contribution in [3.63, 3.8) is 0 Å². The van der Waals surface area contributed by atoms with Crippen molar-refractivity contribution in [3.05, 3.63) is 30.6 Å². The fourth-order valence-electron chi connectivity index (χ4n) is 2.60. The summed E-state index contributed by atoms with van der Waals surface area (Å²) in [5, 5.41) is 14.3. The molecule has 110 valence electrons. The number of para-hydroxylation sites is 1. The molecule has 1 saturated heterocycles. The maximum absolute atomic E-state index is 12.5. The number of nitrogens with one attached hydrogen (secondary N) is 2. The minimum atomic E-state index is -0.354. The number of nitrogens with zero attached hydrogens (tertiary/aromatic N) is 3. The average Bonchev–Trinajstić information content (AvgIpc) is 3.09. The van der Waals surface area contributed by atoms with Crippen molar-refractivity contribution in [2.75, 3.05) is 18.4 Å². The topological polar surface area (TPSA) is 71.8 Å². The van der Waals surface area contributed by atoms with Gasteiger partial charge in [0.05, 0.1) is 11.1 Å². The van der Waals surface area contributed by atoms with Crippen molar-refractivity contribution in [2.45, 2.75) is 13.3 Å². The van der Waals surface area contributed by atoms with E-state index in [1.165, 1.54) is 0 Å². The predicted octanol–water partition coefficient (Wildman–Crippen LogP) is 1.42. The molecule has 1 aliphatic rings. The summed E-state index contributed by atoms with van der Waals surface area (Å²) < 4.78 is 1.84. The molecule has 3 rings (SSSR count). The first-order valence-corrected chi connectivity index (χ1v) is 7.06. The van der Waals surface area contributed by atoms with Crippen LogP contribution in [0, 0.1) is 5.41 Å². The van der Waals surface area contributed by atoms with Crippen molar-refractivity contribution < 1.29 is 4.79 Å². The average molecular weight is 285 g/mol. The Morgan fingerprint density at radius 3 is 2.90 bits per heavy atom. The second-order valence-corrected chi connectivity index (χ2v) is 5.75. The molecule has 6 heteroatoms. The summed E-state index contributed by atoms with van der Waals surface area (Å²) in [4.78, 5) is 12.5. The van der Waals surface area contributed by atoms with Gasteiger partial charge in [-0.15, -0.1) is 10.2 Å². The first-order chi connectivity index (χ1) is 10.1. The SMILES string of the molecule is Cn1cnnc1-c1ccccc1NC(=O)C1(C)CCNC1. The Morgan fingerprint density at radius 1 is 1.43 bits per heavy atom. The van der Waals surface area contributed by atoms with Gasteiger partial charge >= 0.3 is 0 Å². The third-order valence-electron chi connectivity index (χ3n) is 4.04. The van der Waals surface area contributed by atoms with Crippen LogP contribution in [0.1, 0.15) is 13.3 Å². The van der Waals surface area contributed by atoms with Crippen LogP contribution in [0.5, 0.6) is 0 Å². The summed E-state index contributed by atoms with van der Waals surface area (Å²) in [5.41, 5.74) is 1.29. The largest absolute Gasteiger partial charge is 0.325 e. The summed E-state index contributed by atoms with van der Waals surface area (Å²) >= 11 is 0. The molecule has 0 radical (unpaired) electrons. The number of aromatic nitrogens is 3. The van der Waals surface area contributed by atoms with E-state index in [2.05, 4.69) is 20.8 Å². The smallest absolute Gasteiger partial charge is 0.231 e. The van der Waals surface area contributed by atoms with E-state index in [1.54, 1.807) is 6.33 Å². The molecule has 1 aromatic carbocycles. The van der Waals surface area contributed by atoms with Crippen molar-refractivity contribution in [1.29, 1.82) is 0 Å². The Bertz CT molecular complexity index is 658. The molecule has 0 spiro atoms. The highest BCUT2D eigenvalue weighted by molar-refractivity contribution is 5.98. The molecule has 1 unspecified atom stereocenters. The summed E-state index contributed by atoms with van der Waals surface area (Å²) in [7, 11) is 1.89. The van der Waals surface area contributed by atoms with Gasteiger partial charge in [0.15, 0.2) is 5.82 Å². The number of amides is 1. The van der Waals surface area contributed by atoms with Gasteiger partial charge in [0, 0.05) is 19.2 Å². The number of carbonyl (C=O) groups is 1. The van der Waals surface area contributed by atoms with E-state index in [9.17, 15) is 4.79 Å². The van der Waals surface area contributed by atoms with Crippen LogP contribution in [0.15, 0.2) is 30.6 Å². The number of aryl methyl sites for hydroxylation is 1. The molecule has 1 amide bonds. The molecule has 1 fully saturated rings. The van der Waals surface area contributed by atoms with Crippen LogP contribution in [-0.4, -0.2) is 33.8 Å². The first-order valence-electron chi connectivity index (χ1n) is 7.06. The van der Waals surface area contributed by atoms with Gasteiger partial charge in [-0.3, -0.25) is 4.79 Å². The van der Waals surface area contributed by atoms with Crippen molar-refractivity contribution in [2.24, 2.45) is 12.5 Å². The van der Waals surface area contributed by atoms with Crippen LogP contribution in [0.3, 0.4) is 0 Å². The van der Waals surface area contributed by atoms with Gasteiger partial charge in [-0.1, -0.05) is 12.1 Å². The molecule has 0 bridgehead atoms. The third-order valence-corrected chi connectivity index (χ3v) is 4.04. The van der Waals surface area contributed by atoms with Gasteiger partial charge in [0.25, 0.3) is 0 Å². The zero-order valence-corrected chi connectivity index (χ0v) is 12.3. The molecule has 2 N–H and O–H groups in total. The fraction of sp³-hybridized carbons (Fsp3) is 0.400. The molecule has 2 aromatic rings. The van der Waals surface area contributed by atoms with E-state index in [-0.39, 0.29) is 11.3 Å². The lowest BCUT2D eigenvalue weighted by molar-refractivity contribution is -0.123. The number of anilines is 1. The molecule has 1 atom stereocenters. The van der Waals surface area contributed by atoms with E-state index in [0.717, 1.165) is 30.0 Å². The van der Waals surface area contributed by atoms with Gasteiger partial charge in [0.1, 0.15) is 6.33 Å². The van der Waals surface area contributed by atoms with E-state index < -0.39 is 0 Å². The molecule has 1 aliphatic heterocycles. The monoisotopic (exact) mass is 285 g/mol. The quantitative estimate of drug-likeness (QED) is 0.894. The molecular weight excluding hydrogens is 266 g/mol. The van der Waals surface area contributed by atoms with Crippen LogP contribution in [0.4, 0.5) is 5.69 Å². The summed E-state index contributed by atoms with van der Waals surface area (Å²) in [6.45, 7) is 3.59. The molecule has 0 saturated carbocycles. The number of hydrogen-bond donors (Lipinski definition) is 2. The number of hydrogen-bond acceptors (Lipinski definition) is 4. The lowest BCUT2D eigenvalue weighted by atomic mass is 9.88. The second-order valence-electron chi connectivity index (χ2n) is 5.75. The first kappa shape index (κ1) is 13.8. The van der Waals surface area contributed by atoms with Crippen LogP contribution in [0.25, 0.3) is 11.4 Å². The van der Waals surface area contributed by atoms with Gasteiger partial charge in [-0.05, 0) is 32.0 Å². The Morgan fingerprint density at radius 2 is 2.24 bits per heavy atom. The lowest BCUT2D eigenvalue weighted by Gasteiger charge is -2.22. The highest BCUT2D eigenvalue weighted by Crippen LogP contribution is 2.30. The van der Waals surface area contributed by atoms with Gasteiger partial charge < -0.3 is 15.2 Å². The molecule has 2 heterocycles. The fourth-order valence-corrected chi connectivity index (χ4v) is 2.60. The third kappa shape index (κ3) is 2.54. The molecular formula is C15H19N5O. The zero-order valence-electron chi connectivity index (χ0n) is 12.3. The molecule has 0 aliphatic carbocycles. The van der Waals surface area contributed by atoms with Crippen LogP contribution in [0.2, 0.25) is 0 Å². The van der Waals surface area contributed by atoms with E-state index in [1.807, 2.05) is 42.8 Å². The summed E-state index contributed by atoms with van der Waals surface area (Å²) in [6.07, 6.45) is 2.50. The normalized spacial score (nSPS) is 21.4. The highest BCUT2D eigenvalue weighted by atomic mass is 16.2. The van der Waals surface area contributed by atoms with E-state index in [4.69, 9.17) is 0 Å². The van der Waals surface area contributed by atoms with Crippen molar-refractivity contribution in [1.82, 2.24) is 20.1 Å². The van der Waals surface area contributed by atoms with E-state index in [0.29, 0.717) is 6.54 Å². The zero-order chi connectivity index (χ0) is 14.9. The minimum Gasteiger partial charge on any atom is -0.325 e. The van der Waals surface area contributed by atoms with Crippen molar-refractivity contribution in [3.8, 4) is 11.4 Å². The van der Waals surface area contributed by atoms with Crippen LogP contribution < -0.4 is 10.6 Å². The number of rotatable bonds is 3. The Hall–Kier alpha value is -2.21. The number of carbonyl (C=O) groups excluding carboxylic acids is 1. The van der Waals surface area contributed by atoms with Gasteiger partial charge in [-0.2, -0.15) is 0 Å². The Labute approximate surface area is 123 Å². The predicted molar refractivity (Wildman–Crippen MR) is 80.7 cm³/mol. The minimum absolute atomic E-state index is 0.0436. The Kier molecular flexibility index (Phi) is 3.47. The molecule has 1 aromatic heterocycles. The van der Waals surface area contributed by atoms with Gasteiger partial charge in [0.2, 0.25) is 5.91 Å². The molecule has 21 heavy (non-hydrogen) atoms. The highest BCUT2D eigenvalue weighted by Gasteiger charge is 2.36. The second kappa shape index (κ2) is 5.29. The summed E-state index contributed by atoms with van der Waals surface area (Å²) in [5.74, 6) is 0.780. The van der Waals surface area contributed by atoms with Gasteiger partial charge in [-0.25, -0.2) is 0 Å². The lowest BCUT2D eigenvalue weighted by Crippen LogP contribution is -2.35. The van der Waals surface area contributed by atoms with Crippen molar-refractivity contribution >= 4 is 11.6 Å². The van der Waals surface area contributed by atoms with E-state index >= 15 is 0 Å². The van der Waals surface area contributed by atoms with Crippen LogP contribution >= 0.6 is 0 Å². The van der Waals surface area contributed by atoms with Crippen LogP contribution in [-0.2, 0) is 11.8 Å².